The van der Waals surface area contributed by atoms with Gasteiger partial charge in [-0.15, -0.1) is 11.3 Å². The van der Waals surface area contributed by atoms with E-state index >= 15 is 0 Å². The first kappa shape index (κ1) is 16.5. The van der Waals surface area contributed by atoms with E-state index < -0.39 is 5.25 Å². The van der Waals surface area contributed by atoms with E-state index in [0.717, 1.165) is 11.8 Å². The molecule has 2 rings (SSSR count). The zero-order chi connectivity index (χ0) is 16.3. The Labute approximate surface area is 135 Å². The van der Waals surface area contributed by atoms with Crippen LogP contribution >= 0.6 is 23.1 Å². The normalized spacial score (nSPS) is 12.1. The number of carbonyl (C=O) groups excluding carboxylic acids is 2. The van der Waals surface area contributed by atoms with Gasteiger partial charge in [-0.1, -0.05) is 18.7 Å². The quantitative estimate of drug-likeness (QED) is 0.493. The van der Waals surface area contributed by atoms with E-state index in [9.17, 15) is 14.4 Å². The fourth-order valence-corrected chi connectivity index (χ4v) is 3.29. The third-order valence-electron chi connectivity index (χ3n) is 2.94. The molecule has 2 N–H and O–H groups in total. The van der Waals surface area contributed by atoms with Gasteiger partial charge in [-0.05, 0) is 18.4 Å². The molecule has 0 radical (unpaired) electrons. The van der Waals surface area contributed by atoms with Crippen LogP contribution in [0.3, 0.4) is 0 Å². The summed E-state index contributed by atoms with van der Waals surface area (Å²) >= 11 is 2.51. The first-order valence-corrected chi connectivity index (χ1v) is 8.39. The van der Waals surface area contributed by atoms with Crippen molar-refractivity contribution in [2.75, 3.05) is 0 Å². The molecule has 9 heteroatoms. The number of thioether (sulfide) groups is 1. The molecule has 118 valence electrons. The first-order chi connectivity index (χ1) is 10.4. The van der Waals surface area contributed by atoms with Gasteiger partial charge in [0.15, 0.2) is 5.16 Å². The molecule has 0 unspecified atom stereocenters. The largest absolute Gasteiger partial charge is 0.289 e. The molecule has 1 atom stereocenters. The molecule has 0 spiro atoms. The van der Waals surface area contributed by atoms with Gasteiger partial charge in [-0.2, -0.15) is 0 Å². The molecule has 7 nitrogen and oxygen atoms in total. The van der Waals surface area contributed by atoms with E-state index in [1.807, 2.05) is 5.38 Å². The van der Waals surface area contributed by atoms with Crippen molar-refractivity contribution < 1.29 is 9.59 Å². The fourth-order valence-electron chi connectivity index (χ4n) is 1.61. The molecule has 0 aliphatic rings. The van der Waals surface area contributed by atoms with Crippen LogP contribution in [0.5, 0.6) is 0 Å². The molecule has 0 bridgehead atoms. The van der Waals surface area contributed by atoms with Crippen molar-refractivity contribution in [2.45, 2.75) is 30.7 Å². The molecule has 2 amide bonds. The molecular formula is C13H16N4O3S2. The van der Waals surface area contributed by atoms with Gasteiger partial charge in [0, 0.05) is 13.5 Å². The molecule has 0 aromatic carbocycles. The third-order valence-corrected chi connectivity index (χ3v) is 4.98. The molecule has 22 heavy (non-hydrogen) atoms. The van der Waals surface area contributed by atoms with Gasteiger partial charge in [0.1, 0.15) is 4.70 Å². The molecule has 2 aromatic rings. The molecular weight excluding hydrogens is 324 g/mol. The third kappa shape index (κ3) is 3.47. The fraction of sp³-hybridized carbons (Fsp3) is 0.385. The van der Waals surface area contributed by atoms with Crippen LogP contribution in [0.2, 0.25) is 0 Å². The predicted molar refractivity (Wildman–Crippen MR) is 86.8 cm³/mol. The SMILES string of the molecule is CCC(=O)NNC(=O)[C@H](C)Sc1nc2ccsc2c(=O)n1C. The number of carbonyl (C=O) groups is 2. The van der Waals surface area contributed by atoms with Crippen molar-refractivity contribution in [2.24, 2.45) is 7.05 Å². The van der Waals surface area contributed by atoms with Crippen LogP contribution in [0.4, 0.5) is 0 Å². The summed E-state index contributed by atoms with van der Waals surface area (Å²) in [6.07, 6.45) is 0.284. The zero-order valence-corrected chi connectivity index (χ0v) is 14.0. The Morgan fingerprint density at radius 3 is 2.86 bits per heavy atom. The first-order valence-electron chi connectivity index (χ1n) is 6.63. The van der Waals surface area contributed by atoms with Crippen LogP contribution in [0, 0.1) is 0 Å². The minimum atomic E-state index is -0.508. The van der Waals surface area contributed by atoms with E-state index in [2.05, 4.69) is 15.8 Å². The number of hydrogen-bond donors (Lipinski definition) is 2. The zero-order valence-electron chi connectivity index (χ0n) is 12.4. The standard InChI is InChI=1S/C13H16N4O3S2/c1-4-9(18)15-16-11(19)7(2)22-13-14-8-5-6-21-10(8)12(20)17(13)3/h5-7H,4H2,1-3H3,(H,15,18)(H,16,19)/t7-/m0/s1. The summed E-state index contributed by atoms with van der Waals surface area (Å²) < 4.78 is 2.02. The van der Waals surface area contributed by atoms with Crippen molar-refractivity contribution in [3.63, 3.8) is 0 Å². The van der Waals surface area contributed by atoms with Crippen LogP contribution in [0.1, 0.15) is 20.3 Å². The number of thiophene rings is 1. The number of nitrogens with one attached hydrogen (secondary N) is 2. The number of rotatable bonds is 4. The average Bonchev–Trinajstić information content (AvgIpc) is 2.97. The molecule has 0 aliphatic carbocycles. The van der Waals surface area contributed by atoms with Gasteiger partial charge in [0.05, 0.1) is 10.8 Å². The molecule has 0 saturated heterocycles. The lowest BCUT2D eigenvalue weighted by Gasteiger charge is -2.13. The molecule has 0 fully saturated rings. The highest BCUT2D eigenvalue weighted by Crippen LogP contribution is 2.23. The van der Waals surface area contributed by atoms with Gasteiger partial charge < -0.3 is 0 Å². The Hall–Kier alpha value is -1.87. The average molecular weight is 340 g/mol. The Bertz CT molecular complexity index is 768. The van der Waals surface area contributed by atoms with Crippen LogP contribution in [0.15, 0.2) is 21.4 Å². The highest BCUT2D eigenvalue weighted by atomic mass is 32.2. The van der Waals surface area contributed by atoms with Gasteiger partial charge in [-0.3, -0.25) is 29.8 Å². The number of fused-ring (bicyclic) bond motifs is 1. The monoisotopic (exact) mass is 340 g/mol. The smallest absolute Gasteiger partial charge is 0.271 e. The number of aromatic nitrogens is 2. The van der Waals surface area contributed by atoms with E-state index in [1.54, 1.807) is 27.0 Å². The number of hydrogen-bond acceptors (Lipinski definition) is 6. The van der Waals surface area contributed by atoms with Gasteiger partial charge >= 0.3 is 0 Å². The summed E-state index contributed by atoms with van der Waals surface area (Å²) in [4.78, 5) is 39.6. The predicted octanol–water partition coefficient (Wildman–Crippen LogP) is 1.03. The lowest BCUT2D eigenvalue weighted by Crippen LogP contribution is -2.44. The second-order valence-corrected chi connectivity index (χ2v) is 6.77. The summed E-state index contributed by atoms with van der Waals surface area (Å²) in [6.45, 7) is 3.37. The lowest BCUT2D eigenvalue weighted by atomic mass is 10.4. The Morgan fingerprint density at radius 1 is 1.45 bits per heavy atom. The Balaban J connectivity index is 2.13. The summed E-state index contributed by atoms with van der Waals surface area (Å²) in [7, 11) is 1.63. The van der Waals surface area contributed by atoms with Crippen LogP contribution in [-0.2, 0) is 16.6 Å². The lowest BCUT2D eigenvalue weighted by molar-refractivity contribution is -0.128. The van der Waals surface area contributed by atoms with E-state index in [-0.39, 0.29) is 23.8 Å². The highest BCUT2D eigenvalue weighted by molar-refractivity contribution is 8.00. The summed E-state index contributed by atoms with van der Waals surface area (Å²) in [5, 5.41) is 1.76. The van der Waals surface area contributed by atoms with Crippen LogP contribution in [0.25, 0.3) is 10.2 Å². The van der Waals surface area contributed by atoms with Crippen LogP contribution in [-0.4, -0.2) is 26.6 Å². The second kappa shape index (κ2) is 6.93. The Morgan fingerprint density at radius 2 is 2.18 bits per heavy atom. The Kier molecular flexibility index (Phi) is 5.19. The summed E-state index contributed by atoms with van der Waals surface area (Å²) in [6, 6.07) is 1.78. The minimum absolute atomic E-state index is 0.130. The maximum absolute atomic E-state index is 12.2. The minimum Gasteiger partial charge on any atom is -0.289 e. The number of hydrazine groups is 1. The number of amides is 2. The number of nitrogens with zero attached hydrogens (tertiary/aromatic N) is 2. The van der Waals surface area contributed by atoms with E-state index in [0.29, 0.717) is 15.4 Å². The van der Waals surface area contributed by atoms with Gasteiger partial charge in [0.2, 0.25) is 5.91 Å². The maximum Gasteiger partial charge on any atom is 0.271 e. The van der Waals surface area contributed by atoms with Crippen molar-refractivity contribution in [1.29, 1.82) is 0 Å². The highest BCUT2D eigenvalue weighted by Gasteiger charge is 2.18. The van der Waals surface area contributed by atoms with Crippen molar-refractivity contribution in [3.8, 4) is 0 Å². The second-order valence-electron chi connectivity index (χ2n) is 4.54. The molecule has 2 aromatic heterocycles. The topological polar surface area (TPSA) is 93.1 Å². The van der Waals surface area contributed by atoms with Crippen molar-refractivity contribution in [3.05, 3.63) is 21.8 Å². The summed E-state index contributed by atoms with van der Waals surface area (Å²) in [5.41, 5.74) is 5.16. The molecule has 0 aliphatic heterocycles. The molecule has 0 saturated carbocycles. The van der Waals surface area contributed by atoms with Gasteiger partial charge in [0.25, 0.3) is 11.5 Å². The maximum atomic E-state index is 12.2. The summed E-state index contributed by atoms with van der Waals surface area (Å²) in [5.74, 6) is -0.623. The molecule has 2 heterocycles. The van der Waals surface area contributed by atoms with Crippen LogP contribution < -0.4 is 16.4 Å². The van der Waals surface area contributed by atoms with E-state index in [1.165, 1.54) is 15.9 Å². The van der Waals surface area contributed by atoms with Gasteiger partial charge in [-0.25, -0.2) is 4.98 Å². The van der Waals surface area contributed by atoms with Crippen molar-refractivity contribution >= 4 is 45.1 Å². The van der Waals surface area contributed by atoms with Crippen molar-refractivity contribution in [1.82, 2.24) is 20.4 Å². The van der Waals surface area contributed by atoms with E-state index in [4.69, 9.17) is 0 Å².